The van der Waals surface area contributed by atoms with Gasteiger partial charge in [-0.05, 0) is 213 Å². The molecule has 0 aliphatic heterocycles. The lowest BCUT2D eigenvalue weighted by molar-refractivity contribution is -0.178. The van der Waals surface area contributed by atoms with Gasteiger partial charge in [0.15, 0.2) is 28.9 Å². The number of hydrogen-bond donors (Lipinski definition) is 0. The highest BCUT2D eigenvalue weighted by Crippen LogP contribution is 2.23. The van der Waals surface area contributed by atoms with Crippen molar-refractivity contribution in [3.63, 3.8) is 0 Å². The van der Waals surface area contributed by atoms with Crippen molar-refractivity contribution in [1.82, 2.24) is 110 Å². The molecule has 0 aromatic rings. The molecule has 0 spiro atoms. The molecule has 876 valence electrons. The molecule has 48 heteroatoms. The molecule has 0 saturated carbocycles. The Morgan fingerprint density at radius 2 is 0.531 bits per heavy atom. The van der Waals surface area contributed by atoms with Gasteiger partial charge in [-0.15, -0.1) is 23.5 Å². The van der Waals surface area contributed by atoms with Crippen LogP contribution < -0.4 is 0 Å². The number of methoxy groups -OCH3 is 6. The Morgan fingerprint density at radius 1 is 0.315 bits per heavy atom. The molecule has 42 nitrogen and oxygen atoms in total. The number of amidine groups is 2. The zero-order valence-corrected chi connectivity index (χ0v) is 110. The van der Waals surface area contributed by atoms with E-state index in [9.17, 15) is 41.4 Å². The van der Waals surface area contributed by atoms with Crippen molar-refractivity contribution in [3.05, 3.63) is 12.3 Å². The number of urea groups is 1. The lowest BCUT2D eigenvalue weighted by atomic mass is 10.2. The van der Waals surface area contributed by atoms with Crippen molar-refractivity contribution in [1.29, 1.82) is 0 Å². The van der Waals surface area contributed by atoms with Gasteiger partial charge in [-0.1, -0.05) is 45.0 Å². The molecule has 0 aliphatic rings. The van der Waals surface area contributed by atoms with Crippen LogP contribution in [0.2, 0.25) is 0 Å². The summed E-state index contributed by atoms with van der Waals surface area (Å²) in [4.78, 5) is 114. The number of nitrogens with zero attached hydrogens (tertiary/aromatic N) is 27. The van der Waals surface area contributed by atoms with E-state index in [4.69, 9.17) is 18.9 Å². The van der Waals surface area contributed by atoms with Crippen LogP contribution in [-0.2, 0) is 54.6 Å². The van der Waals surface area contributed by atoms with E-state index in [-0.39, 0.29) is 66.6 Å². The third-order valence-electron chi connectivity index (χ3n) is 18.9. The highest BCUT2D eigenvalue weighted by molar-refractivity contribution is 8.13. The van der Waals surface area contributed by atoms with Crippen LogP contribution in [0.1, 0.15) is 126 Å². The number of hydrogen-bond acceptors (Lipinski definition) is 29. The summed E-state index contributed by atoms with van der Waals surface area (Å²) in [7, 11) is 96.8. The Morgan fingerprint density at radius 3 is 0.531 bits per heavy atom. The van der Waals surface area contributed by atoms with E-state index in [2.05, 4.69) is 166 Å². The summed E-state index contributed by atoms with van der Waals surface area (Å²) in [6.07, 6.45) is 7.14. The molecule has 0 saturated heterocycles. The summed E-state index contributed by atoms with van der Waals surface area (Å²) in [6.45, 7) is 35.8. The van der Waals surface area contributed by atoms with Crippen LogP contribution in [0.15, 0.2) is 32.2 Å². The summed E-state index contributed by atoms with van der Waals surface area (Å²) in [5, 5.41) is 0.194. The van der Waals surface area contributed by atoms with E-state index in [1.54, 1.807) is 214 Å². The van der Waals surface area contributed by atoms with Gasteiger partial charge < -0.3 is 92.1 Å². The number of ether oxygens (including phenoxy) is 6. The first-order chi connectivity index (χ1) is 62.8. The molecule has 7 amide bonds. The molecule has 0 aromatic carbocycles. The molecule has 0 aromatic heterocycles. The zero-order chi connectivity index (χ0) is 119. The second-order valence-corrected chi connectivity index (χ2v) is 45.1. The van der Waals surface area contributed by atoms with Gasteiger partial charge in [0.25, 0.3) is 20.7 Å². The quantitative estimate of drug-likeness (QED) is 0.0741. The summed E-state index contributed by atoms with van der Waals surface area (Å²) in [6, 6.07) is 0.0185. The van der Waals surface area contributed by atoms with Gasteiger partial charge in [0.1, 0.15) is 11.4 Å². The van der Waals surface area contributed by atoms with Crippen molar-refractivity contribution >= 4 is 127 Å². The van der Waals surface area contributed by atoms with Crippen LogP contribution in [0, 0.1) is 0 Å². The average molecular weight is 2190 g/mol. The molecule has 0 N–H and O–H groups in total. The van der Waals surface area contributed by atoms with Gasteiger partial charge in [-0.2, -0.15) is 17.0 Å². The fourth-order valence-corrected chi connectivity index (χ4v) is 8.03. The van der Waals surface area contributed by atoms with Crippen LogP contribution in [0.5, 0.6) is 0 Å². The van der Waals surface area contributed by atoms with Crippen LogP contribution >= 0.6 is 47.0 Å². The van der Waals surface area contributed by atoms with Crippen molar-refractivity contribution in [2.24, 2.45) is 20.0 Å². The Bertz CT molecular complexity index is 2970. The van der Waals surface area contributed by atoms with E-state index >= 15 is 0 Å². The second-order valence-electron chi connectivity index (χ2n) is 36.5. The monoisotopic (exact) mass is 2190 g/mol. The first-order valence-corrected chi connectivity index (χ1v) is 51.6. The fraction of sp³-hybridized carbons (Fsp3) is 0.874. The lowest BCUT2D eigenvalue weighted by Crippen LogP contribution is -2.49. The number of amides is 7. The smallest absolute Gasteiger partial charge is 0.408 e. The molecular formula is C95H235N27O15S6. The van der Waals surface area contributed by atoms with Crippen LogP contribution in [-0.4, -0.2) is 627 Å². The maximum Gasteiger partial charge on any atom is 0.408 e. The molecule has 0 fully saturated rings. The molecule has 143 heavy (non-hydrogen) atoms. The zero-order valence-electron chi connectivity index (χ0n) is 105. The molecule has 0 bridgehead atoms. The number of carbonyl (C=O) groups is 6. The van der Waals surface area contributed by atoms with Crippen molar-refractivity contribution in [2.45, 2.75) is 158 Å². The summed E-state index contributed by atoms with van der Waals surface area (Å²) in [5.74, 6) is 3.68. The van der Waals surface area contributed by atoms with Crippen molar-refractivity contribution in [2.75, 3.05) is 413 Å². The standard InChI is InChI=1S/C7H18N2.2C6H15N3.2C6H15NO.C6H11NO.2C6H15NS.C5H12N2O.2C5H12N2.C5H12O2.C4H12N2O2S.C4H12N2OS.2C4H9NO2.2C4H9NOS.2CH4/c1-7(2,8(3)4)9(5)6;2*1-7-6(8(2)3)9(4)5;2*1-6(2,8-5)7(3)4;1-5(2)7(4)6(3)8;2*1-6(2,8-5)7(3)4;1-6(2)5(8)7(3)4;2*1-5(6-2)7(3)4;1-5(2,6-3)7-4;1-5(2)9(7,8)6(3)4;1-5(2)8(7)6(3)4;4*1-5(2)4(6)7-3;;/h1-6H3;2*1-5H3;2*1-5H3;1H2,2-4H3;2*1-5H3;1-4H3;3*1-4H3;1-4H3;1-4H3;4*1-3H3;2*1H4. The Kier molecular flexibility index (Phi) is 134. The van der Waals surface area contributed by atoms with Crippen LogP contribution in [0.25, 0.3) is 0 Å². The predicted molar refractivity (Wildman–Crippen MR) is 637 cm³/mol. The van der Waals surface area contributed by atoms with Crippen LogP contribution in [0.4, 0.5) is 24.0 Å². The summed E-state index contributed by atoms with van der Waals surface area (Å²) >= 11 is 5.21. The van der Waals surface area contributed by atoms with Crippen LogP contribution in [0.3, 0.4) is 0 Å². The van der Waals surface area contributed by atoms with Gasteiger partial charge in [0, 0.05) is 302 Å². The maximum absolute atomic E-state index is 10.9. The number of thioether (sulfide) groups is 4. The van der Waals surface area contributed by atoms with E-state index < -0.39 is 27.2 Å². The number of allylic oxidation sites excluding steroid dienone is 1. The first-order valence-electron chi connectivity index (χ1n) is 44.2. The SMILES string of the molecule is C.C.C=C(C)N(C)C(C)=O.CN(C)C(=O)N(C)C.CN(C)C(C)(C)N(C)C.CN(C)S(=O)(=O)N(C)C.CN(C)S(=O)N(C)C.CN=C(C)N(C)C.CN=C(C)N(C)C.CN=C(N(C)C)N(C)C.CN=C(N(C)C)N(C)C.COC(=O)N(C)C.COC(=O)N(C)C.COC(C)(C)N(C)C.COC(C)(C)N(C)C.COC(C)(C)OC.CSC(=O)N(C)C.CSC(=O)N(C)C.CSC(C)(C)N(C)C.CSC(C)(C)N(C)C. The molecule has 0 unspecified atom stereocenters. The summed E-state index contributed by atoms with van der Waals surface area (Å²) in [5.41, 5.74) is 0.692. The number of guanidine groups is 2. The highest BCUT2D eigenvalue weighted by Gasteiger charge is 2.23. The topological polar surface area (TPSA) is 333 Å². The molecule has 0 radical (unpaired) electrons. The Labute approximate surface area is 904 Å². The average Bonchev–Trinajstić information content (AvgIpc) is 0.883. The van der Waals surface area contributed by atoms with Crippen molar-refractivity contribution < 1.29 is 69.8 Å². The van der Waals surface area contributed by atoms with Gasteiger partial charge in [-0.3, -0.25) is 63.8 Å². The van der Waals surface area contributed by atoms with Gasteiger partial charge in [0.2, 0.25) is 5.91 Å². The maximum atomic E-state index is 10.9. The highest BCUT2D eigenvalue weighted by atomic mass is 32.2. The molecule has 0 rings (SSSR count). The van der Waals surface area contributed by atoms with Gasteiger partial charge in [-0.25, -0.2) is 27.2 Å². The fourth-order valence-electron chi connectivity index (χ4n) is 5.27. The minimum Gasteiger partial charge on any atom is -0.453 e. The normalized spacial score (nSPS) is 10.5. The van der Waals surface area contributed by atoms with Crippen molar-refractivity contribution in [3.8, 4) is 0 Å². The van der Waals surface area contributed by atoms with E-state index in [0.29, 0.717) is 9.74 Å². The minimum absolute atomic E-state index is 0. The number of carbonyl (C=O) groups excluding carboxylic acids is 6. The third-order valence-corrected chi connectivity index (χ3v) is 26.2. The number of aliphatic imine (C=N–C) groups is 4. The molecule has 0 atom stereocenters. The molecular weight excluding hydrogens is 1950 g/mol. The Balaban J connectivity index is -0.0000000622. The number of rotatable bonds is 17. The van der Waals surface area contributed by atoms with E-state index in [0.717, 1.165) is 37.9 Å². The Hall–Kier alpha value is -5.62. The largest absolute Gasteiger partial charge is 0.453 e. The first kappa shape index (κ1) is 185. The van der Waals surface area contributed by atoms with E-state index in [1.807, 2.05) is 231 Å². The predicted octanol–water partition coefficient (Wildman–Crippen LogP) is 12.6. The van der Waals surface area contributed by atoms with Gasteiger partial charge in [0.05, 0.1) is 41.3 Å². The molecule has 0 heterocycles. The summed E-state index contributed by atoms with van der Waals surface area (Å²) < 4.78 is 66.7. The van der Waals surface area contributed by atoms with E-state index in [1.165, 1.54) is 97.4 Å². The lowest BCUT2D eigenvalue weighted by Gasteiger charge is -2.38. The second kappa shape index (κ2) is 104. The third kappa shape index (κ3) is 125. The van der Waals surface area contributed by atoms with Gasteiger partial charge >= 0.3 is 18.2 Å². The molecule has 0 aliphatic carbocycles. The minimum atomic E-state index is -3.15.